The van der Waals surface area contributed by atoms with Crippen molar-refractivity contribution in [3.63, 3.8) is 0 Å². The first-order chi connectivity index (χ1) is 13.3. The van der Waals surface area contributed by atoms with Gasteiger partial charge in [-0.2, -0.15) is 5.10 Å². The second-order valence-electron chi connectivity index (χ2n) is 6.94. The fourth-order valence-electron chi connectivity index (χ4n) is 2.90. The number of ether oxygens (including phenoxy) is 1. The summed E-state index contributed by atoms with van der Waals surface area (Å²) in [5.74, 6) is 0.659. The van der Waals surface area contributed by atoms with E-state index in [4.69, 9.17) is 16.3 Å². The molecule has 1 heterocycles. The molecule has 0 aliphatic carbocycles. The Morgan fingerprint density at radius 1 is 1.11 bits per heavy atom. The van der Waals surface area contributed by atoms with E-state index in [1.54, 1.807) is 16.8 Å². The van der Waals surface area contributed by atoms with Crippen LogP contribution in [0.1, 0.15) is 38.4 Å². The maximum absolute atomic E-state index is 12.3. The Morgan fingerprint density at radius 3 is 2.32 bits per heavy atom. The molecular formula is C22H24ClN3O2. The van der Waals surface area contributed by atoms with Crippen LogP contribution < -0.4 is 10.1 Å². The first-order valence-electron chi connectivity index (χ1n) is 9.09. The molecule has 0 aliphatic heterocycles. The van der Waals surface area contributed by atoms with Crippen molar-refractivity contribution in [1.29, 1.82) is 0 Å². The number of rotatable bonds is 6. The zero-order chi connectivity index (χ0) is 20.3. The molecular weight excluding hydrogens is 374 g/mol. The molecule has 0 saturated heterocycles. The predicted molar refractivity (Wildman–Crippen MR) is 111 cm³/mol. The lowest BCUT2D eigenvalue weighted by Gasteiger charge is -2.10. The van der Waals surface area contributed by atoms with Crippen LogP contribution in [-0.2, 0) is 20.2 Å². The number of benzene rings is 2. The third kappa shape index (κ3) is 4.73. The molecule has 0 fully saturated rings. The lowest BCUT2D eigenvalue weighted by atomic mass is 10.1. The molecule has 3 aromatic rings. The summed E-state index contributed by atoms with van der Waals surface area (Å²) in [4.78, 5) is 12.3. The fraction of sp³-hybridized carbons (Fsp3) is 0.273. The fourth-order valence-corrected chi connectivity index (χ4v) is 3.01. The zero-order valence-electron chi connectivity index (χ0n) is 16.5. The summed E-state index contributed by atoms with van der Waals surface area (Å²) in [6.45, 7) is 6.73. The van der Waals surface area contributed by atoms with Crippen molar-refractivity contribution >= 4 is 17.5 Å². The van der Waals surface area contributed by atoms with E-state index in [2.05, 4.69) is 10.4 Å². The van der Waals surface area contributed by atoms with Gasteiger partial charge in [0.15, 0.2) is 0 Å². The second kappa shape index (κ2) is 8.48. The van der Waals surface area contributed by atoms with Crippen LogP contribution in [-0.4, -0.2) is 15.7 Å². The summed E-state index contributed by atoms with van der Waals surface area (Å²) < 4.78 is 7.65. The molecule has 0 aliphatic rings. The Kier molecular flexibility index (Phi) is 6.05. The Labute approximate surface area is 170 Å². The SMILES string of the molecule is Cc1cc(OCc2ccc(C(=O)NCc3cc(C)n(C)n3)cc2)cc(C)c1Cl. The standard InChI is InChI=1S/C22H24ClN3O2/c1-14-9-20(10-15(2)21(14)23)28-13-17-5-7-18(8-6-17)22(27)24-12-19-11-16(3)26(4)25-19/h5-11H,12-13H2,1-4H3,(H,24,27). The summed E-state index contributed by atoms with van der Waals surface area (Å²) in [6.07, 6.45) is 0. The molecule has 28 heavy (non-hydrogen) atoms. The van der Waals surface area contributed by atoms with Gasteiger partial charge in [0, 0.05) is 23.3 Å². The van der Waals surface area contributed by atoms with Crippen molar-refractivity contribution in [3.05, 3.63) is 81.1 Å². The minimum atomic E-state index is -0.125. The average molecular weight is 398 g/mol. The third-order valence-corrected chi connectivity index (χ3v) is 5.22. The van der Waals surface area contributed by atoms with Gasteiger partial charge in [-0.05, 0) is 67.8 Å². The first kappa shape index (κ1) is 20.0. The van der Waals surface area contributed by atoms with Crippen molar-refractivity contribution < 1.29 is 9.53 Å². The first-order valence-corrected chi connectivity index (χ1v) is 9.47. The minimum Gasteiger partial charge on any atom is -0.489 e. The van der Waals surface area contributed by atoms with E-state index in [-0.39, 0.29) is 5.91 Å². The van der Waals surface area contributed by atoms with Gasteiger partial charge in [0.1, 0.15) is 12.4 Å². The average Bonchev–Trinajstić information content (AvgIpc) is 3.00. The lowest BCUT2D eigenvalue weighted by Crippen LogP contribution is -2.23. The van der Waals surface area contributed by atoms with Gasteiger partial charge < -0.3 is 10.1 Å². The summed E-state index contributed by atoms with van der Waals surface area (Å²) in [5.41, 5.74) is 5.47. The largest absolute Gasteiger partial charge is 0.489 e. The van der Waals surface area contributed by atoms with Crippen molar-refractivity contribution in [2.75, 3.05) is 0 Å². The summed E-state index contributed by atoms with van der Waals surface area (Å²) >= 11 is 6.19. The number of halogens is 1. The van der Waals surface area contributed by atoms with Gasteiger partial charge in [0.2, 0.25) is 0 Å². The molecule has 0 saturated carbocycles. The molecule has 1 amide bonds. The van der Waals surface area contributed by atoms with E-state index < -0.39 is 0 Å². The Balaban J connectivity index is 1.56. The molecule has 0 bridgehead atoms. The lowest BCUT2D eigenvalue weighted by molar-refractivity contribution is 0.0950. The number of carbonyl (C=O) groups excluding carboxylic acids is 1. The van der Waals surface area contributed by atoms with Crippen LogP contribution in [0.4, 0.5) is 0 Å². The van der Waals surface area contributed by atoms with E-state index in [0.717, 1.165) is 38.9 Å². The summed E-state index contributed by atoms with van der Waals surface area (Å²) in [7, 11) is 1.88. The zero-order valence-corrected chi connectivity index (χ0v) is 17.3. The van der Waals surface area contributed by atoms with E-state index in [9.17, 15) is 4.79 Å². The number of amides is 1. The van der Waals surface area contributed by atoms with Crippen LogP contribution in [0, 0.1) is 20.8 Å². The number of hydrogen-bond acceptors (Lipinski definition) is 3. The van der Waals surface area contributed by atoms with Gasteiger partial charge in [-0.25, -0.2) is 0 Å². The molecule has 1 aromatic heterocycles. The smallest absolute Gasteiger partial charge is 0.251 e. The van der Waals surface area contributed by atoms with Crippen LogP contribution in [0.5, 0.6) is 5.75 Å². The quantitative estimate of drug-likeness (QED) is 0.665. The minimum absolute atomic E-state index is 0.125. The normalized spacial score (nSPS) is 10.8. The number of hydrogen-bond donors (Lipinski definition) is 1. The van der Waals surface area contributed by atoms with Crippen LogP contribution in [0.25, 0.3) is 0 Å². The third-order valence-electron chi connectivity index (χ3n) is 4.63. The highest BCUT2D eigenvalue weighted by atomic mass is 35.5. The second-order valence-corrected chi connectivity index (χ2v) is 7.32. The van der Waals surface area contributed by atoms with E-state index in [1.165, 1.54) is 0 Å². The molecule has 146 valence electrons. The van der Waals surface area contributed by atoms with Crippen molar-refractivity contribution in [2.45, 2.75) is 33.9 Å². The van der Waals surface area contributed by atoms with Crippen molar-refractivity contribution in [3.8, 4) is 5.75 Å². The monoisotopic (exact) mass is 397 g/mol. The summed E-state index contributed by atoms with van der Waals surface area (Å²) in [6, 6.07) is 13.2. The Bertz CT molecular complexity index is 951. The summed E-state index contributed by atoms with van der Waals surface area (Å²) in [5, 5.41) is 8.00. The number of nitrogens with one attached hydrogen (secondary N) is 1. The van der Waals surface area contributed by atoms with Gasteiger partial charge in [-0.3, -0.25) is 9.48 Å². The Hall–Kier alpha value is -2.79. The van der Waals surface area contributed by atoms with Crippen LogP contribution in [0.2, 0.25) is 5.02 Å². The molecule has 6 heteroatoms. The molecule has 5 nitrogen and oxygen atoms in total. The molecule has 3 rings (SSSR count). The number of aromatic nitrogens is 2. The predicted octanol–water partition coefficient (Wildman–Crippen LogP) is 4.51. The van der Waals surface area contributed by atoms with Gasteiger partial charge in [-0.1, -0.05) is 23.7 Å². The molecule has 0 spiro atoms. The molecule has 0 unspecified atom stereocenters. The molecule has 1 N–H and O–H groups in total. The Morgan fingerprint density at radius 2 is 1.75 bits per heavy atom. The number of nitrogens with zero attached hydrogens (tertiary/aromatic N) is 2. The van der Waals surface area contributed by atoms with Crippen LogP contribution in [0.15, 0.2) is 42.5 Å². The maximum Gasteiger partial charge on any atom is 0.251 e. The van der Waals surface area contributed by atoms with Crippen molar-refractivity contribution in [2.24, 2.45) is 7.05 Å². The van der Waals surface area contributed by atoms with Crippen LogP contribution >= 0.6 is 11.6 Å². The van der Waals surface area contributed by atoms with Gasteiger partial charge >= 0.3 is 0 Å². The highest BCUT2D eigenvalue weighted by molar-refractivity contribution is 6.32. The number of carbonyl (C=O) groups is 1. The highest BCUT2D eigenvalue weighted by Gasteiger charge is 2.08. The van der Waals surface area contributed by atoms with Crippen molar-refractivity contribution in [1.82, 2.24) is 15.1 Å². The van der Waals surface area contributed by atoms with E-state index >= 15 is 0 Å². The molecule has 0 radical (unpaired) electrons. The van der Waals surface area contributed by atoms with Gasteiger partial charge in [-0.15, -0.1) is 0 Å². The maximum atomic E-state index is 12.3. The highest BCUT2D eigenvalue weighted by Crippen LogP contribution is 2.26. The molecule has 0 atom stereocenters. The van der Waals surface area contributed by atoms with E-state index in [0.29, 0.717) is 18.7 Å². The number of aryl methyl sites for hydroxylation is 4. The van der Waals surface area contributed by atoms with E-state index in [1.807, 2.05) is 58.2 Å². The molecule has 2 aromatic carbocycles. The van der Waals surface area contributed by atoms with Gasteiger partial charge in [0.25, 0.3) is 5.91 Å². The van der Waals surface area contributed by atoms with Gasteiger partial charge in [0.05, 0.1) is 12.2 Å². The topological polar surface area (TPSA) is 56.1 Å². The van der Waals surface area contributed by atoms with Crippen LogP contribution in [0.3, 0.4) is 0 Å².